The van der Waals surface area contributed by atoms with Gasteiger partial charge in [-0.2, -0.15) is 0 Å². The number of nitrogens with one attached hydrogen (secondary N) is 2. The molecular weight excluding hydrogens is 378 g/mol. The Morgan fingerprint density at radius 1 is 1.11 bits per heavy atom. The lowest BCUT2D eigenvalue weighted by molar-refractivity contribution is -0.890. The Hall–Kier alpha value is -2.42. The van der Waals surface area contributed by atoms with E-state index in [0.29, 0.717) is 12.1 Å². The summed E-state index contributed by atoms with van der Waals surface area (Å²) >= 11 is 0. The van der Waals surface area contributed by atoms with E-state index in [1.54, 1.807) is 7.11 Å². The number of sulfonamides is 1. The summed E-state index contributed by atoms with van der Waals surface area (Å²) in [4.78, 5) is 13.8. The van der Waals surface area contributed by atoms with Crippen molar-refractivity contribution in [3.05, 3.63) is 59.7 Å². The van der Waals surface area contributed by atoms with Crippen molar-refractivity contribution in [3.63, 3.8) is 0 Å². The van der Waals surface area contributed by atoms with Crippen molar-refractivity contribution in [1.82, 2.24) is 9.62 Å². The van der Waals surface area contributed by atoms with Gasteiger partial charge in [0.05, 0.1) is 38.2 Å². The molecule has 2 N–H and O–H groups in total. The van der Waals surface area contributed by atoms with Crippen molar-refractivity contribution < 1.29 is 22.8 Å². The largest absolute Gasteiger partial charge is 0.496 e. The van der Waals surface area contributed by atoms with Gasteiger partial charge in [-0.15, -0.1) is 0 Å². The van der Waals surface area contributed by atoms with E-state index in [9.17, 15) is 13.2 Å². The van der Waals surface area contributed by atoms with Gasteiger partial charge >= 0.3 is 0 Å². The predicted molar refractivity (Wildman–Crippen MR) is 108 cm³/mol. The second-order valence-electron chi connectivity index (χ2n) is 6.89. The van der Waals surface area contributed by atoms with Crippen molar-refractivity contribution in [3.8, 4) is 5.75 Å². The zero-order valence-electron chi connectivity index (χ0n) is 16.9. The van der Waals surface area contributed by atoms with Crippen molar-refractivity contribution in [2.45, 2.75) is 10.9 Å². The standard InChI is InChI=1S/C20H27N3O4S/c1-22(2)18(17-8-6-7-9-19(17)27-5)14-21-20(24)15-10-12-16(13-11-15)28(25,26)23(3)4/h6-13,18H,14H2,1-5H3,(H,21,24)/p+1/t18-/m0/s1. The minimum absolute atomic E-state index is 0.00786. The molecule has 28 heavy (non-hydrogen) atoms. The van der Waals surface area contributed by atoms with Crippen LogP contribution in [0.15, 0.2) is 53.4 Å². The molecule has 0 saturated carbocycles. The van der Waals surface area contributed by atoms with E-state index < -0.39 is 10.0 Å². The first-order valence-corrected chi connectivity index (χ1v) is 10.4. The van der Waals surface area contributed by atoms with Gasteiger partial charge in [0.25, 0.3) is 5.91 Å². The number of hydrogen-bond acceptors (Lipinski definition) is 4. The van der Waals surface area contributed by atoms with E-state index in [-0.39, 0.29) is 16.8 Å². The number of carbonyl (C=O) groups excluding carboxylic acids is 1. The molecule has 0 aliphatic carbocycles. The summed E-state index contributed by atoms with van der Waals surface area (Å²) in [5.41, 5.74) is 1.42. The summed E-state index contributed by atoms with van der Waals surface area (Å²) in [6, 6.07) is 13.7. The molecule has 0 aliphatic heterocycles. The second kappa shape index (κ2) is 9.18. The minimum Gasteiger partial charge on any atom is -0.496 e. The third-order valence-electron chi connectivity index (χ3n) is 4.57. The normalized spacial score (nSPS) is 12.8. The molecule has 0 saturated heterocycles. The van der Waals surface area contributed by atoms with Crippen LogP contribution < -0.4 is 15.0 Å². The number of amides is 1. The minimum atomic E-state index is -3.52. The maximum absolute atomic E-state index is 12.5. The topological polar surface area (TPSA) is 80.1 Å². The highest BCUT2D eigenvalue weighted by Gasteiger charge is 2.23. The van der Waals surface area contributed by atoms with E-state index >= 15 is 0 Å². The number of methoxy groups -OCH3 is 1. The quantitative estimate of drug-likeness (QED) is 0.671. The summed E-state index contributed by atoms with van der Waals surface area (Å²) < 4.78 is 30.8. The molecule has 1 amide bonds. The van der Waals surface area contributed by atoms with Crippen LogP contribution in [-0.4, -0.2) is 60.5 Å². The molecule has 0 aliphatic rings. The molecule has 0 bridgehead atoms. The number of para-hydroxylation sites is 1. The summed E-state index contributed by atoms with van der Waals surface area (Å²) in [6.45, 7) is 0.416. The number of likely N-dealkylation sites (N-methyl/N-ethyl adjacent to an activating group) is 1. The fourth-order valence-corrected chi connectivity index (χ4v) is 3.77. The lowest BCUT2D eigenvalue weighted by Crippen LogP contribution is -3.07. The first kappa shape index (κ1) is 21.9. The number of quaternary nitrogens is 1. The number of nitrogens with zero attached hydrogens (tertiary/aromatic N) is 1. The van der Waals surface area contributed by atoms with Gasteiger partial charge in [-0.3, -0.25) is 4.79 Å². The molecule has 0 aromatic heterocycles. The first-order valence-electron chi connectivity index (χ1n) is 8.92. The van der Waals surface area contributed by atoms with Gasteiger partial charge in [-0.1, -0.05) is 12.1 Å². The highest BCUT2D eigenvalue weighted by Crippen LogP contribution is 2.22. The summed E-state index contributed by atoms with van der Waals surface area (Å²) in [7, 11) is 5.09. The molecule has 2 aromatic carbocycles. The van der Waals surface area contributed by atoms with Crippen LogP contribution in [0.1, 0.15) is 22.0 Å². The molecule has 0 spiro atoms. The summed E-state index contributed by atoms with van der Waals surface area (Å²) in [5.74, 6) is 0.524. The molecular formula is C20H28N3O4S+. The SMILES string of the molecule is COc1ccccc1[C@H](CNC(=O)c1ccc(S(=O)(=O)N(C)C)cc1)[NH+](C)C. The van der Waals surface area contributed by atoms with Crippen molar-refractivity contribution in [2.24, 2.45) is 0 Å². The Balaban J connectivity index is 2.13. The smallest absolute Gasteiger partial charge is 0.251 e. The molecule has 0 radical (unpaired) electrons. The number of hydrogen-bond donors (Lipinski definition) is 2. The zero-order chi connectivity index (χ0) is 20.9. The van der Waals surface area contributed by atoms with Gasteiger partial charge in [0.1, 0.15) is 11.8 Å². The van der Waals surface area contributed by atoms with E-state index in [1.807, 2.05) is 38.4 Å². The van der Waals surface area contributed by atoms with E-state index in [2.05, 4.69) is 5.32 Å². The fourth-order valence-electron chi connectivity index (χ4n) is 2.87. The van der Waals surface area contributed by atoms with Gasteiger partial charge in [0.15, 0.2) is 0 Å². The van der Waals surface area contributed by atoms with Crippen LogP contribution >= 0.6 is 0 Å². The average molecular weight is 407 g/mol. The van der Waals surface area contributed by atoms with Gasteiger partial charge in [0.2, 0.25) is 10.0 Å². The van der Waals surface area contributed by atoms with E-state index in [0.717, 1.165) is 20.5 Å². The third kappa shape index (κ3) is 4.89. The number of carbonyl (C=O) groups is 1. The van der Waals surface area contributed by atoms with Crippen LogP contribution in [0.3, 0.4) is 0 Å². The van der Waals surface area contributed by atoms with Crippen molar-refractivity contribution in [1.29, 1.82) is 0 Å². The lowest BCUT2D eigenvalue weighted by atomic mass is 10.0. The Morgan fingerprint density at radius 3 is 2.25 bits per heavy atom. The average Bonchev–Trinajstić information content (AvgIpc) is 2.68. The molecule has 2 aromatic rings. The second-order valence-corrected chi connectivity index (χ2v) is 9.05. The maximum atomic E-state index is 12.5. The van der Waals surface area contributed by atoms with Crippen molar-refractivity contribution >= 4 is 15.9 Å². The monoisotopic (exact) mass is 406 g/mol. The number of benzene rings is 2. The van der Waals surface area contributed by atoms with E-state index in [4.69, 9.17) is 4.74 Å². The summed E-state index contributed by atoms with van der Waals surface area (Å²) in [6.07, 6.45) is 0. The Labute approximate surface area is 167 Å². The first-order chi connectivity index (χ1) is 13.2. The van der Waals surface area contributed by atoms with Crippen molar-refractivity contribution in [2.75, 3.05) is 41.8 Å². The Bertz CT molecular complexity index is 909. The highest BCUT2D eigenvalue weighted by molar-refractivity contribution is 7.89. The van der Waals surface area contributed by atoms with E-state index in [1.165, 1.54) is 38.4 Å². The van der Waals surface area contributed by atoms with Crippen LogP contribution in [0.5, 0.6) is 5.75 Å². The molecule has 0 heterocycles. The number of rotatable bonds is 8. The highest BCUT2D eigenvalue weighted by atomic mass is 32.2. The summed E-state index contributed by atoms with van der Waals surface area (Å²) in [5, 5.41) is 2.94. The van der Waals surface area contributed by atoms with Crippen LogP contribution in [0, 0.1) is 0 Å². The predicted octanol–water partition coefficient (Wildman–Crippen LogP) is 0.561. The fraction of sp³-hybridized carbons (Fsp3) is 0.350. The van der Waals surface area contributed by atoms with Crippen LogP contribution in [0.4, 0.5) is 0 Å². The van der Waals surface area contributed by atoms with Crippen LogP contribution in [0.2, 0.25) is 0 Å². The van der Waals surface area contributed by atoms with Gasteiger partial charge < -0.3 is 15.0 Å². The molecule has 152 valence electrons. The number of ether oxygens (including phenoxy) is 1. The molecule has 0 fully saturated rings. The van der Waals surface area contributed by atoms with Crippen LogP contribution in [0.25, 0.3) is 0 Å². The molecule has 8 heteroatoms. The molecule has 7 nitrogen and oxygen atoms in total. The molecule has 0 unspecified atom stereocenters. The van der Waals surface area contributed by atoms with Gasteiger partial charge in [0, 0.05) is 19.7 Å². The zero-order valence-corrected chi connectivity index (χ0v) is 17.7. The maximum Gasteiger partial charge on any atom is 0.251 e. The molecule has 1 atom stereocenters. The Kier molecular flexibility index (Phi) is 7.17. The molecule has 2 rings (SSSR count). The Morgan fingerprint density at radius 2 is 1.71 bits per heavy atom. The van der Waals surface area contributed by atoms with Gasteiger partial charge in [-0.05, 0) is 36.4 Å². The van der Waals surface area contributed by atoms with Crippen LogP contribution in [-0.2, 0) is 10.0 Å². The van der Waals surface area contributed by atoms with Gasteiger partial charge in [-0.25, -0.2) is 12.7 Å². The lowest BCUT2D eigenvalue weighted by Gasteiger charge is -2.23. The third-order valence-corrected chi connectivity index (χ3v) is 6.40.